The maximum absolute atomic E-state index is 3.45. The molecule has 0 heterocycles. The van der Waals surface area contributed by atoms with Gasteiger partial charge in [-0.15, -0.1) is 0 Å². The molecular weight excluding hydrogens is 224 g/mol. The van der Waals surface area contributed by atoms with Crippen LogP contribution in [0.3, 0.4) is 0 Å². The predicted octanol–water partition coefficient (Wildman–Crippen LogP) is 4.60. The van der Waals surface area contributed by atoms with Gasteiger partial charge in [0.05, 0.1) is 0 Å². The van der Waals surface area contributed by atoms with Gasteiger partial charge < -0.3 is 0 Å². The second-order valence-electron chi connectivity index (χ2n) is 4.64. The fourth-order valence-electron chi connectivity index (χ4n) is 1.25. The van der Waals surface area contributed by atoms with E-state index < -0.39 is 0 Å². The van der Waals surface area contributed by atoms with E-state index in [2.05, 4.69) is 67.9 Å². The molecule has 0 bridgehead atoms. The summed E-state index contributed by atoms with van der Waals surface area (Å²) in [6.07, 6.45) is 0. The third kappa shape index (κ3) is 2.84. The summed E-state index contributed by atoms with van der Waals surface area (Å²) in [6, 6.07) is 8.61. The van der Waals surface area contributed by atoms with Crippen LogP contribution in [0, 0.1) is 5.41 Å². The average molecular weight is 241 g/mol. The first-order valence-electron chi connectivity index (χ1n) is 4.67. The van der Waals surface area contributed by atoms with Gasteiger partial charge in [-0.2, -0.15) is 0 Å². The number of halogens is 1. The quantitative estimate of drug-likeness (QED) is 0.674. The normalized spacial score (nSPS) is 14.2. The largest absolute Gasteiger partial charge is 0.0596 e. The molecule has 0 saturated heterocycles. The number of hydrogen-bond donors (Lipinski definition) is 0. The van der Waals surface area contributed by atoms with Gasteiger partial charge in [-0.25, -0.2) is 0 Å². The van der Waals surface area contributed by atoms with E-state index in [1.54, 1.807) is 0 Å². The molecule has 1 aromatic carbocycles. The van der Waals surface area contributed by atoms with Crippen molar-refractivity contribution in [2.45, 2.75) is 33.6 Å². The lowest BCUT2D eigenvalue weighted by Gasteiger charge is -2.27. The lowest BCUT2D eigenvalue weighted by molar-refractivity contribution is 0.339. The van der Waals surface area contributed by atoms with Crippen LogP contribution in [0.4, 0.5) is 0 Å². The van der Waals surface area contributed by atoms with Gasteiger partial charge in [-0.1, -0.05) is 55.8 Å². The maximum Gasteiger partial charge on any atom is 0.0175 e. The van der Waals surface area contributed by atoms with E-state index in [9.17, 15) is 0 Å². The van der Waals surface area contributed by atoms with Crippen LogP contribution in [0.15, 0.2) is 28.7 Å². The van der Waals surface area contributed by atoms with Gasteiger partial charge in [0, 0.05) is 4.47 Å². The van der Waals surface area contributed by atoms with E-state index in [0.717, 1.165) is 4.47 Å². The summed E-state index contributed by atoms with van der Waals surface area (Å²) in [5, 5.41) is 0. The summed E-state index contributed by atoms with van der Waals surface area (Å²) in [5.41, 5.74) is 1.75. The van der Waals surface area contributed by atoms with E-state index >= 15 is 0 Å². The molecule has 0 aliphatic heterocycles. The Morgan fingerprint density at radius 1 is 1.08 bits per heavy atom. The minimum atomic E-state index is 0.341. The highest BCUT2D eigenvalue weighted by Gasteiger charge is 2.21. The van der Waals surface area contributed by atoms with Gasteiger partial charge in [0.25, 0.3) is 0 Å². The highest BCUT2D eigenvalue weighted by Crippen LogP contribution is 2.34. The Kier molecular flexibility index (Phi) is 3.18. The molecule has 13 heavy (non-hydrogen) atoms. The van der Waals surface area contributed by atoms with Crippen LogP contribution in [0.2, 0.25) is 0 Å². The molecule has 1 atom stereocenters. The Bertz CT molecular complexity index is 266. The molecule has 0 amide bonds. The van der Waals surface area contributed by atoms with Crippen molar-refractivity contribution in [1.82, 2.24) is 0 Å². The molecule has 1 aromatic rings. The Balaban J connectivity index is 2.90. The van der Waals surface area contributed by atoms with E-state index in [1.807, 2.05) is 0 Å². The van der Waals surface area contributed by atoms with Crippen molar-refractivity contribution < 1.29 is 0 Å². The highest BCUT2D eigenvalue weighted by atomic mass is 79.9. The van der Waals surface area contributed by atoms with Gasteiger partial charge in [0.2, 0.25) is 0 Å². The van der Waals surface area contributed by atoms with Crippen molar-refractivity contribution in [3.63, 3.8) is 0 Å². The van der Waals surface area contributed by atoms with Gasteiger partial charge in [-0.05, 0) is 29.0 Å². The lowest BCUT2D eigenvalue weighted by atomic mass is 9.78. The molecule has 0 saturated carbocycles. The Morgan fingerprint density at radius 3 is 1.92 bits per heavy atom. The molecule has 1 rings (SSSR count). The van der Waals surface area contributed by atoms with Crippen molar-refractivity contribution in [1.29, 1.82) is 0 Å². The molecule has 0 radical (unpaired) electrons. The molecule has 0 nitrogen and oxygen atoms in total. The number of benzene rings is 1. The third-order valence-electron chi connectivity index (χ3n) is 2.67. The van der Waals surface area contributed by atoms with E-state index in [0.29, 0.717) is 11.3 Å². The summed E-state index contributed by atoms with van der Waals surface area (Å²) < 4.78 is 1.15. The first-order chi connectivity index (χ1) is 5.91. The standard InChI is InChI=1S/C12H17Br/c1-9(12(2,3)4)10-5-7-11(13)8-6-10/h5-9H,1-4H3/t9-/m0/s1. The van der Waals surface area contributed by atoms with Crippen LogP contribution >= 0.6 is 15.9 Å². The minimum absolute atomic E-state index is 0.341. The summed E-state index contributed by atoms with van der Waals surface area (Å²) in [6.45, 7) is 9.11. The van der Waals surface area contributed by atoms with Crippen molar-refractivity contribution in [2.24, 2.45) is 5.41 Å². The fourth-order valence-corrected chi connectivity index (χ4v) is 1.52. The van der Waals surface area contributed by atoms with E-state index in [1.165, 1.54) is 5.56 Å². The van der Waals surface area contributed by atoms with Crippen LogP contribution in [-0.4, -0.2) is 0 Å². The summed E-state index contributed by atoms with van der Waals surface area (Å²) >= 11 is 3.45. The molecule has 72 valence electrons. The zero-order chi connectivity index (χ0) is 10.1. The molecular formula is C12H17Br. The summed E-state index contributed by atoms with van der Waals surface area (Å²) in [5.74, 6) is 0.598. The van der Waals surface area contributed by atoms with Gasteiger partial charge >= 0.3 is 0 Å². The van der Waals surface area contributed by atoms with Crippen molar-refractivity contribution in [2.75, 3.05) is 0 Å². The summed E-state index contributed by atoms with van der Waals surface area (Å²) in [7, 11) is 0. The Labute approximate surface area is 89.5 Å². The van der Waals surface area contributed by atoms with E-state index in [-0.39, 0.29) is 0 Å². The second kappa shape index (κ2) is 3.83. The monoisotopic (exact) mass is 240 g/mol. The SMILES string of the molecule is C[C@@H](c1ccc(Br)cc1)C(C)(C)C. The molecule has 1 heteroatoms. The molecule has 0 unspecified atom stereocenters. The van der Waals surface area contributed by atoms with Crippen LogP contribution in [0.5, 0.6) is 0 Å². The Morgan fingerprint density at radius 2 is 1.54 bits per heavy atom. The third-order valence-corrected chi connectivity index (χ3v) is 3.20. The number of rotatable bonds is 1. The first kappa shape index (κ1) is 10.8. The summed E-state index contributed by atoms with van der Waals surface area (Å²) in [4.78, 5) is 0. The zero-order valence-corrected chi connectivity index (χ0v) is 10.4. The van der Waals surface area contributed by atoms with Gasteiger partial charge in [-0.3, -0.25) is 0 Å². The highest BCUT2D eigenvalue weighted by molar-refractivity contribution is 9.10. The molecule has 0 spiro atoms. The van der Waals surface area contributed by atoms with Crippen LogP contribution in [0.25, 0.3) is 0 Å². The molecule has 0 aromatic heterocycles. The van der Waals surface area contributed by atoms with Crippen LogP contribution in [0.1, 0.15) is 39.2 Å². The molecule has 0 fully saturated rings. The first-order valence-corrected chi connectivity index (χ1v) is 5.46. The van der Waals surface area contributed by atoms with Crippen molar-refractivity contribution in [3.8, 4) is 0 Å². The molecule has 0 N–H and O–H groups in total. The van der Waals surface area contributed by atoms with Crippen molar-refractivity contribution >= 4 is 15.9 Å². The Hall–Kier alpha value is -0.300. The van der Waals surface area contributed by atoms with Gasteiger partial charge in [0.1, 0.15) is 0 Å². The second-order valence-corrected chi connectivity index (χ2v) is 5.55. The average Bonchev–Trinajstić information content (AvgIpc) is 2.03. The maximum atomic E-state index is 3.45. The van der Waals surface area contributed by atoms with Crippen LogP contribution in [-0.2, 0) is 0 Å². The number of hydrogen-bond acceptors (Lipinski definition) is 0. The van der Waals surface area contributed by atoms with E-state index in [4.69, 9.17) is 0 Å². The molecule has 0 aliphatic carbocycles. The van der Waals surface area contributed by atoms with Gasteiger partial charge in [0.15, 0.2) is 0 Å². The fraction of sp³-hybridized carbons (Fsp3) is 0.500. The smallest absolute Gasteiger partial charge is 0.0175 e. The predicted molar refractivity (Wildman–Crippen MR) is 62.0 cm³/mol. The van der Waals surface area contributed by atoms with Crippen molar-refractivity contribution in [3.05, 3.63) is 34.3 Å². The lowest BCUT2D eigenvalue weighted by Crippen LogP contribution is -2.14. The van der Waals surface area contributed by atoms with Crippen LogP contribution < -0.4 is 0 Å². The topological polar surface area (TPSA) is 0 Å². The minimum Gasteiger partial charge on any atom is -0.0596 e. The molecule has 0 aliphatic rings. The zero-order valence-electron chi connectivity index (χ0n) is 8.76.